The lowest BCUT2D eigenvalue weighted by molar-refractivity contribution is -0.143. The summed E-state index contributed by atoms with van der Waals surface area (Å²) in [7, 11) is 0. The van der Waals surface area contributed by atoms with Crippen LogP contribution in [0.1, 0.15) is 34.1 Å². The standard InChI is InChI=1S/C19H29N7O4/c1-5-29-13(27)6-7-26-12-21-14-15(22-17(20)23-16(14)26)24-8-10-25(11-9-24)18(28)30-19(2,3)4/h12H,5-11H2,1-4H3,(H2,20,22,23). The zero-order valence-electron chi connectivity index (χ0n) is 17.9. The third kappa shape index (κ3) is 5.08. The molecule has 3 rings (SSSR count). The van der Waals surface area contributed by atoms with Crippen molar-refractivity contribution in [3.05, 3.63) is 6.33 Å². The first kappa shape index (κ1) is 21.6. The molecular formula is C19H29N7O4. The fourth-order valence-electron chi connectivity index (χ4n) is 3.20. The Labute approximate surface area is 175 Å². The number of aromatic nitrogens is 4. The van der Waals surface area contributed by atoms with Crippen molar-refractivity contribution in [2.45, 2.75) is 46.3 Å². The molecular weight excluding hydrogens is 390 g/mol. The van der Waals surface area contributed by atoms with Gasteiger partial charge >= 0.3 is 12.1 Å². The highest BCUT2D eigenvalue weighted by Gasteiger charge is 2.28. The molecule has 1 saturated heterocycles. The van der Waals surface area contributed by atoms with E-state index in [2.05, 4.69) is 15.0 Å². The summed E-state index contributed by atoms with van der Waals surface area (Å²) in [4.78, 5) is 40.8. The van der Waals surface area contributed by atoms with Gasteiger partial charge in [0.25, 0.3) is 0 Å². The number of piperazine rings is 1. The van der Waals surface area contributed by atoms with Crippen molar-refractivity contribution in [3.63, 3.8) is 0 Å². The van der Waals surface area contributed by atoms with Gasteiger partial charge in [-0.05, 0) is 27.7 Å². The van der Waals surface area contributed by atoms with Gasteiger partial charge in [0.15, 0.2) is 17.0 Å². The first-order valence-electron chi connectivity index (χ1n) is 10.0. The van der Waals surface area contributed by atoms with E-state index in [1.807, 2.05) is 25.7 Å². The van der Waals surface area contributed by atoms with E-state index < -0.39 is 5.60 Å². The number of imidazole rings is 1. The normalized spacial score (nSPS) is 14.8. The summed E-state index contributed by atoms with van der Waals surface area (Å²) in [5, 5.41) is 0. The van der Waals surface area contributed by atoms with Crippen molar-refractivity contribution in [2.24, 2.45) is 0 Å². The highest BCUT2D eigenvalue weighted by atomic mass is 16.6. The van der Waals surface area contributed by atoms with Gasteiger partial charge in [-0.2, -0.15) is 9.97 Å². The Morgan fingerprint density at radius 2 is 1.87 bits per heavy atom. The number of nitrogen functional groups attached to an aromatic ring is 1. The molecule has 0 unspecified atom stereocenters. The minimum atomic E-state index is -0.530. The molecule has 1 aliphatic rings. The van der Waals surface area contributed by atoms with Crippen LogP contribution in [-0.2, 0) is 20.8 Å². The van der Waals surface area contributed by atoms with Gasteiger partial charge < -0.3 is 29.6 Å². The molecule has 30 heavy (non-hydrogen) atoms. The second kappa shape index (κ2) is 8.72. The van der Waals surface area contributed by atoms with Crippen molar-refractivity contribution >= 4 is 35.0 Å². The molecule has 164 valence electrons. The van der Waals surface area contributed by atoms with E-state index in [1.54, 1.807) is 22.7 Å². The van der Waals surface area contributed by atoms with Gasteiger partial charge in [0.2, 0.25) is 5.95 Å². The van der Waals surface area contributed by atoms with Crippen LogP contribution >= 0.6 is 0 Å². The van der Waals surface area contributed by atoms with Crippen molar-refractivity contribution < 1.29 is 19.1 Å². The zero-order valence-corrected chi connectivity index (χ0v) is 17.9. The lowest BCUT2D eigenvalue weighted by Crippen LogP contribution is -2.50. The maximum atomic E-state index is 12.3. The monoisotopic (exact) mass is 419 g/mol. The Kier molecular flexibility index (Phi) is 6.28. The number of carbonyl (C=O) groups is 2. The van der Waals surface area contributed by atoms with E-state index in [1.165, 1.54) is 0 Å². The summed E-state index contributed by atoms with van der Waals surface area (Å²) in [6.07, 6.45) is 1.52. The number of anilines is 2. The molecule has 3 heterocycles. The first-order valence-corrected chi connectivity index (χ1v) is 10.0. The topological polar surface area (TPSA) is 129 Å². The zero-order chi connectivity index (χ0) is 21.9. The Balaban J connectivity index is 1.72. The minimum absolute atomic E-state index is 0.130. The molecule has 1 fully saturated rings. The van der Waals surface area contributed by atoms with Gasteiger partial charge in [0, 0.05) is 32.7 Å². The van der Waals surface area contributed by atoms with Gasteiger partial charge in [-0.15, -0.1) is 0 Å². The van der Waals surface area contributed by atoms with E-state index in [0.717, 1.165) is 0 Å². The van der Waals surface area contributed by atoms with Gasteiger partial charge in [0.1, 0.15) is 5.60 Å². The molecule has 0 saturated carbocycles. The second-order valence-electron chi connectivity index (χ2n) is 8.03. The molecule has 0 spiro atoms. The van der Waals surface area contributed by atoms with Crippen LogP contribution in [0, 0.1) is 0 Å². The third-order valence-corrected chi connectivity index (χ3v) is 4.56. The predicted molar refractivity (Wildman–Crippen MR) is 111 cm³/mol. The molecule has 0 aliphatic carbocycles. The highest BCUT2D eigenvalue weighted by molar-refractivity contribution is 5.85. The number of rotatable bonds is 5. The number of ether oxygens (including phenoxy) is 2. The fourth-order valence-corrected chi connectivity index (χ4v) is 3.20. The molecule has 0 atom stereocenters. The number of hydrogen-bond acceptors (Lipinski definition) is 9. The summed E-state index contributed by atoms with van der Waals surface area (Å²) in [5.41, 5.74) is 6.59. The van der Waals surface area contributed by atoms with E-state index in [-0.39, 0.29) is 24.4 Å². The van der Waals surface area contributed by atoms with Gasteiger partial charge in [-0.1, -0.05) is 0 Å². The number of hydrogen-bond donors (Lipinski definition) is 1. The fraction of sp³-hybridized carbons (Fsp3) is 0.632. The second-order valence-corrected chi connectivity index (χ2v) is 8.03. The third-order valence-electron chi connectivity index (χ3n) is 4.56. The number of amides is 1. The molecule has 2 aromatic heterocycles. The van der Waals surface area contributed by atoms with E-state index >= 15 is 0 Å². The Hall–Kier alpha value is -3.11. The molecule has 11 heteroatoms. The van der Waals surface area contributed by atoms with Crippen LogP contribution in [0.3, 0.4) is 0 Å². The van der Waals surface area contributed by atoms with Gasteiger partial charge in [0.05, 0.1) is 19.4 Å². The molecule has 11 nitrogen and oxygen atoms in total. The molecule has 0 bridgehead atoms. The summed E-state index contributed by atoms with van der Waals surface area (Å²) >= 11 is 0. The molecule has 1 aliphatic heterocycles. The van der Waals surface area contributed by atoms with E-state index in [4.69, 9.17) is 15.2 Å². The van der Waals surface area contributed by atoms with Crippen molar-refractivity contribution in [2.75, 3.05) is 43.4 Å². The molecule has 0 aromatic carbocycles. The highest BCUT2D eigenvalue weighted by Crippen LogP contribution is 2.25. The van der Waals surface area contributed by atoms with Crippen LogP contribution in [-0.4, -0.2) is 74.9 Å². The number of aryl methyl sites for hydroxylation is 1. The maximum Gasteiger partial charge on any atom is 0.410 e. The number of esters is 1. The summed E-state index contributed by atoms with van der Waals surface area (Å²) < 4.78 is 12.2. The van der Waals surface area contributed by atoms with Crippen LogP contribution in [0.15, 0.2) is 6.33 Å². The lowest BCUT2D eigenvalue weighted by Gasteiger charge is -2.36. The molecule has 0 radical (unpaired) electrons. The van der Waals surface area contributed by atoms with E-state index in [0.29, 0.717) is 56.3 Å². The van der Waals surface area contributed by atoms with Crippen LogP contribution in [0.25, 0.3) is 11.2 Å². The molecule has 2 aromatic rings. The van der Waals surface area contributed by atoms with Crippen LogP contribution in [0.4, 0.5) is 16.6 Å². The Morgan fingerprint density at radius 3 is 2.50 bits per heavy atom. The number of nitrogens with two attached hydrogens (primary N) is 1. The number of fused-ring (bicyclic) bond motifs is 1. The number of carbonyl (C=O) groups excluding carboxylic acids is 2. The summed E-state index contributed by atoms with van der Waals surface area (Å²) in [5.74, 6) is 0.473. The van der Waals surface area contributed by atoms with Crippen molar-refractivity contribution in [1.29, 1.82) is 0 Å². The number of nitrogens with zero attached hydrogens (tertiary/aromatic N) is 6. The van der Waals surface area contributed by atoms with Gasteiger partial charge in [-0.3, -0.25) is 4.79 Å². The predicted octanol–water partition coefficient (Wildman–Crippen LogP) is 1.42. The minimum Gasteiger partial charge on any atom is -0.466 e. The van der Waals surface area contributed by atoms with Crippen LogP contribution in [0.2, 0.25) is 0 Å². The first-order chi connectivity index (χ1) is 14.2. The quantitative estimate of drug-likeness (QED) is 0.715. The Bertz CT molecular complexity index is 913. The van der Waals surface area contributed by atoms with E-state index in [9.17, 15) is 9.59 Å². The molecule has 1 amide bonds. The Morgan fingerprint density at radius 1 is 1.17 bits per heavy atom. The van der Waals surface area contributed by atoms with Crippen molar-refractivity contribution in [1.82, 2.24) is 24.4 Å². The summed E-state index contributed by atoms with van der Waals surface area (Å²) in [6, 6.07) is 0. The average molecular weight is 419 g/mol. The van der Waals surface area contributed by atoms with Crippen LogP contribution < -0.4 is 10.6 Å². The molecule has 2 N–H and O–H groups in total. The average Bonchev–Trinajstić information content (AvgIpc) is 3.07. The van der Waals surface area contributed by atoms with Gasteiger partial charge in [-0.25, -0.2) is 9.78 Å². The largest absolute Gasteiger partial charge is 0.466 e. The lowest BCUT2D eigenvalue weighted by atomic mass is 10.2. The SMILES string of the molecule is CCOC(=O)CCn1cnc2c(N3CCN(C(=O)OC(C)(C)C)CC3)nc(N)nc21. The van der Waals surface area contributed by atoms with Crippen LogP contribution in [0.5, 0.6) is 0 Å². The smallest absolute Gasteiger partial charge is 0.410 e. The summed E-state index contributed by atoms with van der Waals surface area (Å²) in [6.45, 7) is 10.2. The van der Waals surface area contributed by atoms with Crippen molar-refractivity contribution in [3.8, 4) is 0 Å². The maximum absolute atomic E-state index is 12.3.